The van der Waals surface area contributed by atoms with Crippen LogP contribution in [0.5, 0.6) is 0 Å². The fraction of sp³-hybridized carbons (Fsp3) is 0.353. The van der Waals surface area contributed by atoms with Crippen molar-refractivity contribution in [2.45, 2.75) is 31.0 Å². The van der Waals surface area contributed by atoms with Crippen LogP contribution in [0.15, 0.2) is 35.7 Å². The molecule has 0 aliphatic heterocycles. The van der Waals surface area contributed by atoms with Gasteiger partial charge >= 0.3 is 5.97 Å². The van der Waals surface area contributed by atoms with Crippen molar-refractivity contribution >= 4 is 35.2 Å². The molecule has 1 aromatic carbocycles. The molecule has 0 saturated heterocycles. The van der Waals surface area contributed by atoms with Crippen LogP contribution < -0.4 is 5.32 Å². The van der Waals surface area contributed by atoms with Crippen molar-refractivity contribution in [2.24, 2.45) is 5.92 Å². The Morgan fingerprint density at radius 1 is 1.48 bits per heavy atom. The van der Waals surface area contributed by atoms with Gasteiger partial charge in [-0.1, -0.05) is 29.4 Å². The van der Waals surface area contributed by atoms with Crippen LogP contribution in [0.4, 0.5) is 0 Å². The first-order valence-corrected chi connectivity index (χ1v) is 9.27. The van der Waals surface area contributed by atoms with Gasteiger partial charge in [-0.15, -0.1) is 0 Å². The van der Waals surface area contributed by atoms with Crippen LogP contribution >= 0.6 is 23.4 Å². The van der Waals surface area contributed by atoms with E-state index in [0.717, 1.165) is 24.1 Å². The van der Waals surface area contributed by atoms with E-state index in [-0.39, 0.29) is 17.6 Å². The van der Waals surface area contributed by atoms with Crippen LogP contribution in [-0.2, 0) is 9.59 Å². The first kappa shape index (κ1) is 17.8. The average Bonchev–Trinajstić information content (AvgIpc) is 3.31. The van der Waals surface area contributed by atoms with E-state index in [1.807, 2.05) is 35.9 Å². The van der Waals surface area contributed by atoms with E-state index in [4.69, 9.17) is 11.6 Å². The lowest BCUT2D eigenvalue weighted by Crippen LogP contribution is -2.43. The molecule has 0 radical (unpaired) electrons. The van der Waals surface area contributed by atoms with E-state index in [1.165, 1.54) is 11.8 Å². The molecule has 1 heterocycles. The predicted octanol–water partition coefficient (Wildman–Crippen LogP) is 2.91. The number of imidazole rings is 1. The Morgan fingerprint density at radius 2 is 2.24 bits per heavy atom. The summed E-state index contributed by atoms with van der Waals surface area (Å²) < 4.78 is 1.87. The second-order valence-electron chi connectivity index (χ2n) is 5.97. The summed E-state index contributed by atoms with van der Waals surface area (Å²) in [5.41, 5.74) is 1.82. The number of carbonyl (C=O) groups is 2. The molecule has 6 nitrogen and oxygen atoms in total. The lowest BCUT2D eigenvalue weighted by atomic mass is 10.2. The van der Waals surface area contributed by atoms with Crippen molar-refractivity contribution < 1.29 is 14.7 Å². The number of carboxylic acid groups (broad SMARTS) is 1. The zero-order chi connectivity index (χ0) is 18.0. The molecule has 1 aliphatic carbocycles. The molecule has 132 valence electrons. The molecule has 0 spiro atoms. The zero-order valence-corrected chi connectivity index (χ0v) is 15.2. The number of halogens is 1. The van der Waals surface area contributed by atoms with Gasteiger partial charge in [0.25, 0.3) is 0 Å². The van der Waals surface area contributed by atoms with Gasteiger partial charge in [0.2, 0.25) is 5.91 Å². The number of hydrogen-bond acceptors (Lipinski definition) is 4. The minimum Gasteiger partial charge on any atom is -0.480 e. The van der Waals surface area contributed by atoms with E-state index in [2.05, 4.69) is 10.3 Å². The van der Waals surface area contributed by atoms with Crippen LogP contribution in [0.25, 0.3) is 5.69 Å². The van der Waals surface area contributed by atoms with Crippen molar-refractivity contribution in [1.29, 1.82) is 0 Å². The normalized spacial score (nSPS) is 15.0. The van der Waals surface area contributed by atoms with Crippen LogP contribution in [0.1, 0.15) is 18.4 Å². The molecule has 3 rings (SSSR count). The number of benzene rings is 1. The third-order valence-electron chi connectivity index (χ3n) is 4.11. The molecule has 0 bridgehead atoms. The summed E-state index contributed by atoms with van der Waals surface area (Å²) in [6.07, 6.45) is 5.17. The SMILES string of the molecule is Cc1c(Cl)cccc1-n1ccnc1SCC(=O)NC(C(=O)O)C1CC1. The lowest BCUT2D eigenvalue weighted by Gasteiger charge is -2.14. The topological polar surface area (TPSA) is 84.2 Å². The highest BCUT2D eigenvalue weighted by atomic mass is 35.5. The average molecular weight is 380 g/mol. The molecule has 1 aliphatic rings. The zero-order valence-electron chi connectivity index (χ0n) is 13.6. The van der Waals surface area contributed by atoms with Gasteiger partial charge in [-0.2, -0.15) is 0 Å². The Labute approximate surface area is 154 Å². The minimum atomic E-state index is -0.975. The van der Waals surface area contributed by atoms with Gasteiger partial charge in [0.1, 0.15) is 6.04 Å². The Hall–Kier alpha value is -1.99. The third-order valence-corrected chi connectivity index (χ3v) is 5.49. The van der Waals surface area contributed by atoms with Gasteiger partial charge < -0.3 is 10.4 Å². The maximum Gasteiger partial charge on any atom is 0.326 e. The van der Waals surface area contributed by atoms with Gasteiger partial charge in [0, 0.05) is 17.4 Å². The Bertz CT molecular complexity index is 804. The molecule has 1 saturated carbocycles. The molecule has 1 aromatic heterocycles. The number of carbonyl (C=O) groups excluding carboxylic acids is 1. The predicted molar refractivity (Wildman–Crippen MR) is 96.3 cm³/mol. The van der Waals surface area contributed by atoms with E-state index in [9.17, 15) is 14.7 Å². The van der Waals surface area contributed by atoms with Crippen LogP contribution in [-0.4, -0.2) is 38.3 Å². The van der Waals surface area contributed by atoms with Crippen molar-refractivity contribution in [1.82, 2.24) is 14.9 Å². The molecule has 2 N–H and O–H groups in total. The number of thioether (sulfide) groups is 1. The largest absolute Gasteiger partial charge is 0.480 e. The molecule has 1 unspecified atom stereocenters. The van der Waals surface area contributed by atoms with E-state index < -0.39 is 12.0 Å². The molecule has 1 fully saturated rings. The number of rotatable bonds is 7. The summed E-state index contributed by atoms with van der Waals surface area (Å²) in [5, 5.41) is 13.1. The number of carboxylic acids is 1. The molecular formula is C17H18ClN3O3S. The maximum absolute atomic E-state index is 12.1. The van der Waals surface area contributed by atoms with Crippen LogP contribution in [0.2, 0.25) is 5.02 Å². The standard InChI is InChI=1S/C17H18ClN3O3S/c1-10-12(18)3-2-4-13(10)21-8-7-19-17(21)25-9-14(22)20-15(16(23)24)11-5-6-11/h2-4,7-8,11,15H,5-6,9H2,1H3,(H,20,22)(H,23,24). The summed E-state index contributed by atoms with van der Waals surface area (Å²) in [4.78, 5) is 27.6. The summed E-state index contributed by atoms with van der Waals surface area (Å²) in [6.45, 7) is 1.92. The van der Waals surface area contributed by atoms with Crippen LogP contribution in [0, 0.1) is 12.8 Å². The Balaban J connectivity index is 1.66. The van der Waals surface area contributed by atoms with Crippen molar-refractivity contribution in [3.63, 3.8) is 0 Å². The quantitative estimate of drug-likeness (QED) is 0.722. The van der Waals surface area contributed by atoms with Crippen LogP contribution in [0.3, 0.4) is 0 Å². The first-order chi connectivity index (χ1) is 12.0. The molecule has 8 heteroatoms. The van der Waals surface area contributed by atoms with Crippen molar-refractivity contribution in [3.8, 4) is 5.69 Å². The number of nitrogens with zero attached hydrogens (tertiary/aromatic N) is 2. The van der Waals surface area contributed by atoms with Gasteiger partial charge in [0.15, 0.2) is 5.16 Å². The maximum atomic E-state index is 12.1. The highest BCUT2D eigenvalue weighted by Crippen LogP contribution is 2.33. The van der Waals surface area contributed by atoms with Gasteiger partial charge in [-0.25, -0.2) is 9.78 Å². The van der Waals surface area contributed by atoms with Gasteiger partial charge in [0.05, 0.1) is 11.4 Å². The van der Waals surface area contributed by atoms with Gasteiger partial charge in [-0.3, -0.25) is 9.36 Å². The fourth-order valence-electron chi connectivity index (χ4n) is 2.59. The third kappa shape index (κ3) is 4.16. The smallest absolute Gasteiger partial charge is 0.326 e. The number of amides is 1. The van der Waals surface area contributed by atoms with E-state index >= 15 is 0 Å². The van der Waals surface area contributed by atoms with Crippen molar-refractivity contribution in [3.05, 3.63) is 41.2 Å². The fourth-order valence-corrected chi connectivity index (χ4v) is 3.54. The highest BCUT2D eigenvalue weighted by Gasteiger charge is 2.37. The number of aromatic nitrogens is 2. The Kier molecular flexibility index (Phi) is 5.34. The molecular weight excluding hydrogens is 362 g/mol. The summed E-state index contributed by atoms with van der Waals surface area (Å²) >= 11 is 7.43. The molecule has 2 aromatic rings. The summed E-state index contributed by atoms with van der Waals surface area (Å²) in [7, 11) is 0. The molecule has 1 amide bonds. The molecule has 25 heavy (non-hydrogen) atoms. The molecule has 1 atom stereocenters. The minimum absolute atomic E-state index is 0.0579. The number of aliphatic carboxylic acids is 1. The summed E-state index contributed by atoms with van der Waals surface area (Å²) in [5.74, 6) is -1.12. The van der Waals surface area contributed by atoms with Gasteiger partial charge in [-0.05, 0) is 43.4 Å². The van der Waals surface area contributed by atoms with E-state index in [1.54, 1.807) is 6.20 Å². The van der Waals surface area contributed by atoms with E-state index in [0.29, 0.717) is 10.2 Å². The first-order valence-electron chi connectivity index (χ1n) is 7.91. The van der Waals surface area contributed by atoms with Crippen molar-refractivity contribution in [2.75, 3.05) is 5.75 Å². The lowest BCUT2D eigenvalue weighted by molar-refractivity contribution is -0.142. The second-order valence-corrected chi connectivity index (χ2v) is 7.32. The second kappa shape index (κ2) is 7.49. The monoisotopic (exact) mass is 379 g/mol. The Morgan fingerprint density at radius 3 is 2.92 bits per heavy atom. The number of hydrogen-bond donors (Lipinski definition) is 2. The highest BCUT2D eigenvalue weighted by molar-refractivity contribution is 7.99. The number of nitrogens with one attached hydrogen (secondary N) is 1. The summed E-state index contributed by atoms with van der Waals surface area (Å²) in [6, 6.07) is 4.82.